The topological polar surface area (TPSA) is 76.3 Å². The number of fused-ring (bicyclic) bond motifs is 1. The van der Waals surface area contributed by atoms with E-state index in [9.17, 15) is 9.59 Å². The molecule has 6 nitrogen and oxygen atoms in total. The van der Waals surface area contributed by atoms with Crippen LogP contribution in [0.15, 0.2) is 40.9 Å². The van der Waals surface area contributed by atoms with Gasteiger partial charge in [0.05, 0.1) is 27.7 Å². The number of aryl methyl sites for hydroxylation is 1. The third-order valence-corrected chi connectivity index (χ3v) is 4.77. The molecule has 0 aliphatic carbocycles. The highest BCUT2D eigenvalue weighted by Crippen LogP contribution is 2.32. The summed E-state index contributed by atoms with van der Waals surface area (Å²) < 4.78 is 5.25. The Labute approximate surface area is 158 Å². The Morgan fingerprint density at radius 3 is 2.31 bits per heavy atom. The van der Waals surface area contributed by atoms with Gasteiger partial charge in [-0.1, -0.05) is 46.1 Å². The molecule has 1 aromatic heterocycles. The number of rotatable bonds is 3. The van der Waals surface area contributed by atoms with Crippen LogP contribution in [0.4, 0.5) is 0 Å². The summed E-state index contributed by atoms with van der Waals surface area (Å²) in [6, 6.07) is 10.4. The van der Waals surface area contributed by atoms with E-state index in [-0.39, 0.29) is 33.5 Å². The molecule has 1 aliphatic rings. The van der Waals surface area contributed by atoms with Gasteiger partial charge in [0, 0.05) is 5.56 Å². The molecule has 2 amide bonds. The maximum atomic E-state index is 12.5. The van der Waals surface area contributed by atoms with Gasteiger partial charge in [0.1, 0.15) is 0 Å². The first-order valence-corrected chi connectivity index (χ1v) is 8.44. The molecule has 0 N–H and O–H groups in total. The Bertz CT molecular complexity index is 1020. The number of hydrogen-bond acceptors (Lipinski definition) is 5. The average Bonchev–Trinajstić information content (AvgIpc) is 3.16. The Balaban J connectivity index is 1.61. The summed E-state index contributed by atoms with van der Waals surface area (Å²) in [4.78, 5) is 30.3. The van der Waals surface area contributed by atoms with Gasteiger partial charge in [-0.25, -0.2) is 0 Å². The first kappa shape index (κ1) is 16.8. The zero-order valence-corrected chi connectivity index (χ0v) is 15.0. The van der Waals surface area contributed by atoms with Crippen LogP contribution in [-0.2, 0) is 6.54 Å². The van der Waals surface area contributed by atoms with Crippen molar-refractivity contribution in [3.63, 3.8) is 0 Å². The summed E-state index contributed by atoms with van der Waals surface area (Å²) >= 11 is 11.9. The first-order valence-electron chi connectivity index (χ1n) is 7.69. The molecule has 0 radical (unpaired) electrons. The largest absolute Gasteiger partial charge is 0.334 e. The van der Waals surface area contributed by atoms with Gasteiger partial charge < -0.3 is 4.52 Å². The predicted octanol–water partition coefficient (Wildman–Crippen LogP) is 4.15. The number of carbonyl (C=O) groups is 2. The van der Waals surface area contributed by atoms with Crippen molar-refractivity contribution in [1.82, 2.24) is 15.0 Å². The van der Waals surface area contributed by atoms with Gasteiger partial charge >= 0.3 is 0 Å². The Morgan fingerprint density at radius 1 is 1.04 bits per heavy atom. The van der Waals surface area contributed by atoms with E-state index in [2.05, 4.69) is 10.1 Å². The third kappa shape index (κ3) is 2.77. The Morgan fingerprint density at radius 2 is 1.69 bits per heavy atom. The number of benzene rings is 2. The minimum absolute atomic E-state index is 0.100. The standard InChI is InChI=1S/C18H11Cl2N3O3/c1-9-3-2-4-10(5-9)16-21-15(22-26-16)8-23-17(24)11-6-13(19)14(20)7-12(11)18(23)25/h2-7H,8H2,1H3. The second-order valence-corrected chi connectivity index (χ2v) is 6.71. The van der Waals surface area contributed by atoms with Gasteiger partial charge in [-0.15, -0.1) is 0 Å². The molecule has 0 fully saturated rings. The van der Waals surface area contributed by atoms with Crippen LogP contribution in [0.2, 0.25) is 10.0 Å². The van der Waals surface area contributed by atoms with Crippen LogP contribution in [-0.4, -0.2) is 26.9 Å². The fraction of sp³-hybridized carbons (Fsp3) is 0.111. The number of hydrogen-bond donors (Lipinski definition) is 0. The monoisotopic (exact) mass is 387 g/mol. The summed E-state index contributed by atoms with van der Waals surface area (Å²) in [7, 11) is 0. The minimum Gasteiger partial charge on any atom is -0.334 e. The molecule has 26 heavy (non-hydrogen) atoms. The van der Waals surface area contributed by atoms with Crippen LogP contribution >= 0.6 is 23.2 Å². The minimum atomic E-state index is -0.467. The average molecular weight is 388 g/mol. The highest BCUT2D eigenvalue weighted by Gasteiger charge is 2.37. The van der Waals surface area contributed by atoms with Crippen molar-refractivity contribution in [2.45, 2.75) is 13.5 Å². The number of halogens is 2. The molecule has 2 aromatic carbocycles. The molecule has 130 valence electrons. The fourth-order valence-corrected chi connectivity index (χ4v) is 3.11. The van der Waals surface area contributed by atoms with Gasteiger partial charge in [0.2, 0.25) is 0 Å². The van der Waals surface area contributed by atoms with Crippen LogP contribution in [0.5, 0.6) is 0 Å². The van der Waals surface area contributed by atoms with Crippen LogP contribution in [0.3, 0.4) is 0 Å². The van der Waals surface area contributed by atoms with E-state index in [1.807, 2.05) is 31.2 Å². The van der Waals surface area contributed by atoms with Crippen molar-refractivity contribution in [2.24, 2.45) is 0 Å². The lowest BCUT2D eigenvalue weighted by molar-refractivity contribution is 0.0637. The second-order valence-electron chi connectivity index (χ2n) is 5.89. The molecule has 0 saturated carbocycles. The molecule has 2 heterocycles. The van der Waals surface area contributed by atoms with Gasteiger partial charge in [0.15, 0.2) is 5.82 Å². The van der Waals surface area contributed by atoms with E-state index in [1.165, 1.54) is 12.1 Å². The van der Waals surface area contributed by atoms with E-state index >= 15 is 0 Å². The lowest BCUT2D eigenvalue weighted by atomic mass is 10.1. The van der Waals surface area contributed by atoms with Crippen molar-refractivity contribution >= 4 is 35.0 Å². The van der Waals surface area contributed by atoms with E-state index in [0.717, 1.165) is 16.0 Å². The van der Waals surface area contributed by atoms with Crippen molar-refractivity contribution in [3.05, 3.63) is 69.0 Å². The normalized spacial score (nSPS) is 13.4. The maximum Gasteiger partial charge on any atom is 0.262 e. The zero-order valence-electron chi connectivity index (χ0n) is 13.5. The molecule has 4 rings (SSSR count). The second kappa shape index (κ2) is 6.23. The third-order valence-electron chi connectivity index (χ3n) is 4.04. The fourth-order valence-electron chi connectivity index (χ4n) is 2.78. The number of carbonyl (C=O) groups excluding carboxylic acids is 2. The van der Waals surface area contributed by atoms with E-state index in [1.54, 1.807) is 0 Å². The summed E-state index contributed by atoms with van der Waals surface area (Å²) in [6.45, 7) is 1.85. The smallest absolute Gasteiger partial charge is 0.262 e. The summed E-state index contributed by atoms with van der Waals surface area (Å²) in [5.41, 5.74) is 2.25. The van der Waals surface area contributed by atoms with E-state index in [0.29, 0.717) is 5.89 Å². The predicted molar refractivity (Wildman–Crippen MR) is 95.1 cm³/mol. The van der Waals surface area contributed by atoms with Crippen molar-refractivity contribution in [3.8, 4) is 11.5 Å². The molecule has 0 atom stereocenters. The van der Waals surface area contributed by atoms with Crippen LogP contribution < -0.4 is 0 Å². The summed E-state index contributed by atoms with van der Waals surface area (Å²) in [5, 5.41) is 4.30. The molecule has 8 heteroatoms. The van der Waals surface area contributed by atoms with Gasteiger partial charge in [-0.2, -0.15) is 4.98 Å². The summed E-state index contributed by atoms with van der Waals surface area (Å²) in [5.74, 6) is -0.379. The Kier molecular flexibility index (Phi) is 4.01. The molecule has 3 aromatic rings. The van der Waals surface area contributed by atoms with Crippen molar-refractivity contribution < 1.29 is 14.1 Å². The first-order chi connectivity index (χ1) is 12.4. The quantitative estimate of drug-likeness (QED) is 0.630. The number of aromatic nitrogens is 2. The van der Waals surface area contributed by atoms with Crippen molar-refractivity contribution in [2.75, 3.05) is 0 Å². The van der Waals surface area contributed by atoms with Crippen LogP contribution in [0.1, 0.15) is 32.1 Å². The van der Waals surface area contributed by atoms with Crippen LogP contribution in [0.25, 0.3) is 11.5 Å². The van der Waals surface area contributed by atoms with E-state index < -0.39 is 11.8 Å². The molecule has 0 saturated heterocycles. The van der Waals surface area contributed by atoms with Gasteiger partial charge in [-0.05, 0) is 31.2 Å². The molecule has 0 unspecified atom stereocenters. The molecular formula is C18H11Cl2N3O3. The van der Waals surface area contributed by atoms with Crippen molar-refractivity contribution in [1.29, 1.82) is 0 Å². The molecule has 0 bridgehead atoms. The highest BCUT2D eigenvalue weighted by molar-refractivity contribution is 6.43. The number of nitrogens with zero attached hydrogens (tertiary/aromatic N) is 3. The highest BCUT2D eigenvalue weighted by atomic mass is 35.5. The summed E-state index contributed by atoms with van der Waals surface area (Å²) in [6.07, 6.45) is 0. The lowest BCUT2D eigenvalue weighted by Gasteiger charge is -2.10. The lowest BCUT2D eigenvalue weighted by Crippen LogP contribution is -2.29. The zero-order chi connectivity index (χ0) is 18.4. The molecule has 0 spiro atoms. The molecular weight excluding hydrogens is 377 g/mol. The Hall–Kier alpha value is -2.70. The maximum absolute atomic E-state index is 12.5. The number of imide groups is 1. The SMILES string of the molecule is Cc1cccc(-c2nc(CN3C(=O)c4cc(Cl)c(Cl)cc4C3=O)no2)c1. The van der Waals surface area contributed by atoms with Crippen LogP contribution in [0, 0.1) is 6.92 Å². The van der Waals surface area contributed by atoms with Gasteiger partial charge in [0.25, 0.3) is 17.7 Å². The van der Waals surface area contributed by atoms with E-state index in [4.69, 9.17) is 27.7 Å². The van der Waals surface area contributed by atoms with Gasteiger partial charge in [-0.3, -0.25) is 14.5 Å². The molecule has 1 aliphatic heterocycles. The number of amides is 2.